The molecule has 8 nitrogen and oxygen atoms in total. The molecule has 188 valence electrons. The van der Waals surface area contributed by atoms with Gasteiger partial charge in [-0.05, 0) is 32.8 Å². The smallest absolute Gasteiger partial charge is 0.317 e. The third kappa shape index (κ3) is 4.71. The van der Waals surface area contributed by atoms with Gasteiger partial charge < -0.3 is 15.1 Å². The Morgan fingerprint density at radius 1 is 1.06 bits per heavy atom. The van der Waals surface area contributed by atoms with Crippen LogP contribution in [-0.4, -0.2) is 107 Å². The minimum atomic E-state index is -2.88. The number of urea groups is 1. The maximum atomic E-state index is 15.1. The fourth-order valence-electron chi connectivity index (χ4n) is 6.33. The van der Waals surface area contributed by atoms with Crippen molar-refractivity contribution < 1.29 is 13.6 Å². The van der Waals surface area contributed by atoms with Crippen LogP contribution in [0, 0.1) is 11.8 Å². The molecule has 34 heavy (non-hydrogen) atoms. The highest BCUT2D eigenvalue weighted by molar-refractivity contribution is 5.75. The molecule has 0 unspecified atom stereocenters. The van der Waals surface area contributed by atoms with E-state index in [1.54, 1.807) is 23.4 Å². The number of hydrogen-bond acceptors (Lipinski definition) is 6. The van der Waals surface area contributed by atoms with Gasteiger partial charge in [0.05, 0.1) is 0 Å². The number of piperazine rings is 1. The van der Waals surface area contributed by atoms with Crippen molar-refractivity contribution in [2.75, 3.05) is 57.3 Å². The molecule has 0 spiro atoms. The maximum Gasteiger partial charge on any atom is 0.317 e. The van der Waals surface area contributed by atoms with Crippen molar-refractivity contribution in [3.05, 3.63) is 18.5 Å². The number of amides is 2. The molecule has 4 aliphatic rings. The topological polar surface area (TPSA) is 67.8 Å². The lowest BCUT2D eigenvalue weighted by Gasteiger charge is -2.47. The number of nitrogens with zero attached hydrogens (tertiary/aromatic N) is 6. The molecule has 3 aliphatic heterocycles. The molecule has 3 saturated heterocycles. The zero-order valence-corrected chi connectivity index (χ0v) is 20.2. The second kappa shape index (κ2) is 9.53. The van der Waals surface area contributed by atoms with Crippen LogP contribution in [-0.2, 0) is 0 Å². The molecule has 0 bridgehead atoms. The second-order valence-corrected chi connectivity index (χ2v) is 10.7. The average molecular weight is 478 g/mol. The average Bonchev–Trinajstić information content (AvgIpc) is 3.40. The molecule has 0 aromatic carbocycles. The Kier molecular flexibility index (Phi) is 6.63. The maximum absolute atomic E-state index is 15.1. The predicted molar refractivity (Wildman–Crippen MR) is 126 cm³/mol. The summed E-state index contributed by atoms with van der Waals surface area (Å²) in [5, 5.41) is 2.81. The first-order valence-electron chi connectivity index (χ1n) is 12.7. The van der Waals surface area contributed by atoms with Gasteiger partial charge in [0, 0.05) is 95.1 Å². The van der Waals surface area contributed by atoms with Crippen LogP contribution in [0.4, 0.5) is 19.5 Å². The Bertz CT molecular complexity index is 835. The van der Waals surface area contributed by atoms with Crippen LogP contribution in [0.5, 0.6) is 0 Å². The third-order valence-corrected chi connectivity index (χ3v) is 8.29. The highest BCUT2D eigenvalue weighted by atomic mass is 19.3. The number of hydrogen-bond donors (Lipinski definition) is 1. The minimum absolute atomic E-state index is 0.155. The number of likely N-dealkylation sites (tertiary alicyclic amines) is 1. The van der Waals surface area contributed by atoms with Crippen LogP contribution >= 0.6 is 0 Å². The molecule has 1 N–H and O–H groups in total. The summed E-state index contributed by atoms with van der Waals surface area (Å²) >= 11 is 0. The molecule has 4 heterocycles. The van der Waals surface area contributed by atoms with Crippen LogP contribution in [0.15, 0.2) is 18.5 Å². The fourth-order valence-corrected chi connectivity index (χ4v) is 6.33. The molecule has 1 aromatic heterocycles. The first-order chi connectivity index (χ1) is 16.3. The number of rotatable bonds is 4. The van der Waals surface area contributed by atoms with Gasteiger partial charge in [0.25, 0.3) is 5.92 Å². The van der Waals surface area contributed by atoms with Crippen molar-refractivity contribution in [2.45, 2.75) is 57.2 Å². The highest BCUT2D eigenvalue weighted by Gasteiger charge is 2.51. The summed E-state index contributed by atoms with van der Waals surface area (Å²) in [6.07, 6.45) is 4.52. The first kappa shape index (κ1) is 23.7. The van der Waals surface area contributed by atoms with E-state index in [1.165, 1.54) is 0 Å². The molecule has 4 atom stereocenters. The second-order valence-electron chi connectivity index (χ2n) is 10.7. The van der Waals surface area contributed by atoms with Gasteiger partial charge in [-0.1, -0.05) is 0 Å². The third-order valence-electron chi connectivity index (χ3n) is 8.29. The Labute approximate surface area is 200 Å². The van der Waals surface area contributed by atoms with Crippen molar-refractivity contribution in [2.24, 2.45) is 11.8 Å². The van der Waals surface area contributed by atoms with Crippen LogP contribution in [0.1, 0.15) is 33.1 Å². The van der Waals surface area contributed by atoms with Gasteiger partial charge >= 0.3 is 6.03 Å². The summed E-state index contributed by atoms with van der Waals surface area (Å²) in [4.78, 5) is 30.3. The largest absolute Gasteiger partial charge is 0.340 e. The molecule has 1 aromatic rings. The van der Waals surface area contributed by atoms with Gasteiger partial charge in [0.15, 0.2) is 0 Å². The van der Waals surface area contributed by atoms with Gasteiger partial charge in [0.1, 0.15) is 6.04 Å². The van der Waals surface area contributed by atoms with Gasteiger partial charge in [-0.3, -0.25) is 9.80 Å². The van der Waals surface area contributed by atoms with E-state index < -0.39 is 12.0 Å². The van der Waals surface area contributed by atoms with E-state index in [4.69, 9.17) is 0 Å². The highest BCUT2D eigenvalue weighted by Crippen LogP contribution is 2.37. The summed E-state index contributed by atoms with van der Waals surface area (Å²) in [7, 11) is 0. The molecule has 1 saturated carbocycles. The minimum Gasteiger partial charge on any atom is -0.340 e. The SMILES string of the molecule is CC(C)N1CCN([C@H]2CCCC(F)(F)[C@@H]2NC(=O)N2C[C@@H]3CN(c4ncccn4)C[C@@H]3C2)CC1. The van der Waals surface area contributed by atoms with E-state index in [-0.39, 0.29) is 18.5 Å². The molecular formula is C24H37F2N7O. The first-order valence-corrected chi connectivity index (χ1v) is 12.7. The number of fused-ring (bicyclic) bond motifs is 1. The van der Waals surface area contributed by atoms with E-state index in [0.29, 0.717) is 43.8 Å². The lowest BCUT2D eigenvalue weighted by molar-refractivity contribution is -0.0971. The molecule has 4 fully saturated rings. The molecule has 0 radical (unpaired) electrons. The van der Waals surface area contributed by atoms with Gasteiger partial charge in [-0.2, -0.15) is 0 Å². The summed E-state index contributed by atoms with van der Waals surface area (Å²) in [6, 6.07) is 0.480. The van der Waals surface area contributed by atoms with E-state index in [1.807, 2.05) is 0 Å². The Morgan fingerprint density at radius 2 is 1.71 bits per heavy atom. The monoisotopic (exact) mass is 477 g/mol. The molecule has 5 rings (SSSR count). The number of aromatic nitrogens is 2. The van der Waals surface area contributed by atoms with Gasteiger partial charge in [-0.25, -0.2) is 23.5 Å². The van der Waals surface area contributed by atoms with E-state index in [9.17, 15) is 4.79 Å². The normalized spacial score (nSPS) is 32.3. The van der Waals surface area contributed by atoms with E-state index in [2.05, 4.69) is 43.8 Å². The Morgan fingerprint density at radius 3 is 2.32 bits per heavy atom. The van der Waals surface area contributed by atoms with Crippen LogP contribution in [0.25, 0.3) is 0 Å². The number of carbonyl (C=O) groups is 1. The predicted octanol–water partition coefficient (Wildman–Crippen LogP) is 2.14. The van der Waals surface area contributed by atoms with E-state index in [0.717, 1.165) is 45.2 Å². The fraction of sp³-hybridized carbons (Fsp3) is 0.792. The summed E-state index contributed by atoms with van der Waals surface area (Å²) < 4.78 is 30.2. The van der Waals surface area contributed by atoms with Crippen molar-refractivity contribution in [1.82, 2.24) is 30.0 Å². The van der Waals surface area contributed by atoms with Gasteiger partial charge in [0.2, 0.25) is 5.95 Å². The number of alkyl halides is 2. The molecular weight excluding hydrogens is 440 g/mol. The molecule has 2 amide bonds. The summed E-state index contributed by atoms with van der Waals surface area (Å²) in [5.74, 6) is -1.53. The zero-order chi connectivity index (χ0) is 23.9. The number of carbonyl (C=O) groups excluding carboxylic acids is 1. The number of anilines is 1. The van der Waals surface area contributed by atoms with Crippen LogP contribution < -0.4 is 10.2 Å². The standard InChI is InChI=1S/C24H37F2N7O/c1-17(2)30-9-11-31(12-10-30)20-5-3-6-24(25,26)21(20)29-23(34)33-15-18-13-32(14-19(18)16-33)22-27-7-4-8-28-22/h4,7-8,17-21H,3,5-6,9-16H2,1-2H3,(H,29,34)/t18-,19+,20-,21+/m0/s1. The zero-order valence-electron chi connectivity index (χ0n) is 20.2. The number of nitrogens with one attached hydrogen (secondary N) is 1. The Hall–Kier alpha value is -2.07. The van der Waals surface area contributed by atoms with Crippen molar-refractivity contribution in [1.29, 1.82) is 0 Å². The summed E-state index contributed by atoms with van der Waals surface area (Å²) in [5.41, 5.74) is 0. The van der Waals surface area contributed by atoms with Crippen LogP contribution in [0.2, 0.25) is 0 Å². The lowest BCUT2D eigenvalue weighted by atomic mass is 9.85. The van der Waals surface area contributed by atoms with Gasteiger partial charge in [-0.15, -0.1) is 0 Å². The quantitative estimate of drug-likeness (QED) is 0.717. The van der Waals surface area contributed by atoms with Crippen LogP contribution in [0.3, 0.4) is 0 Å². The van der Waals surface area contributed by atoms with Crippen molar-refractivity contribution in [3.63, 3.8) is 0 Å². The van der Waals surface area contributed by atoms with Crippen molar-refractivity contribution >= 4 is 12.0 Å². The van der Waals surface area contributed by atoms with Crippen molar-refractivity contribution in [3.8, 4) is 0 Å². The Balaban J connectivity index is 1.20. The molecule has 10 heteroatoms. The van der Waals surface area contributed by atoms with E-state index >= 15 is 8.78 Å². The lowest BCUT2D eigenvalue weighted by Crippen LogP contribution is -2.65. The summed E-state index contributed by atoms with van der Waals surface area (Å²) in [6.45, 7) is 10.4. The number of halogens is 2. The molecule has 1 aliphatic carbocycles.